The molecule has 0 amide bonds. The van der Waals surface area contributed by atoms with Crippen LogP contribution in [-0.4, -0.2) is 34.9 Å². The molecule has 0 atom stereocenters. The van der Waals surface area contributed by atoms with E-state index in [4.69, 9.17) is 4.74 Å². The highest BCUT2D eigenvalue weighted by molar-refractivity contribution is 7.99. The van der Waals surface area contributed by atoms with Gasteiger partial charge in [-0.25, -0.2) is 0 Å². The summed E-state index contributed by atoms with van der Waals surface area (Å²) in [6.45, 7) is 5.51. The summed E-state index contributed by atoms with van der Waals surface area (Å²) in [5.74, 6) is 0.831. The van der Waals surface area contributed by atoms with Gasteiger partial charge in [0, 0.05) is 24.2 Å². The van der Waals surface area contributed by atoms with Gasteiger partial charge >= 0.3 is 0 Å². The lowest BCUT2D eigenvalue weighted by atomic mass is 10.2. The first kappa shape index (κ1) is 10.4. The Morgan fingerprint density at radius 3 is 2.50 bits per heavy atom. The standard InChI is InChI=1S/C9H18O2S/c1-9(2,10)7-12-8-3-5-11-6-4-8/h8,10H,3-7H2,1-2H3. The molecule has 1 heterocycles. The summed E-state index contributed by atoms with van der Waals surface area (Å²) < 4.78 is 5.26. The van der Waals surface area contributed by atoms with Crippen LogP contribution in [0, 0.1) is 0 Å². The van der Waals surface area contributed by atoms with Crippen LogP contribution in [0.1, 0.15) is 26.7 Å². The van der Waals surface area contributed by atoms with E-state index in [0.717, 1.165) is 31.8 Å². The summed E-state index contributed by atoms with van der Waals surface area (Å²) in [6, 6.07) is 0. The summed E-state index contributed by atoms with van der Waals surface area (Å²) in [6.07, 6.45) is 2.28. The lowest BCUT2D eigenvalue weighted by Crippen LogP contribution is -2.26. The largest absolute Gasteiger partial charge is 0.390 e. The van der Waals surface area contributed by atoms with Crippen LogP contribution in [0.5, 0.6) is 0 Å². The van der Waals surface area contributed by atoms with E-state index in [1.807, 2.05) is 25.6 Å². The first-order valence-electron chi connectivity index (χ1n) is 4.50. The molecule has 2 nitrogen and oxygen atoms in total. The fourth-order valence-electron chi connectivity index (χ4n) is 1.16. The highest BCUT2D eigenvalue weighted by atomic mass is 32.2. The summed E-state index contributed by atoms with van der Waals surface area (Å²) in [5.41, 5.74) is -0.525. The van der Waals surface area contributed by atoms with E-state index in [0.29, 0.717) is 5.25 Å². The van der Waals surface area contributed by atoms with Crippen LogP contribution in [0.2, 0.25) is 0 Å². The molecule has 1 N–H and O–H groups in total. The van der Waals surface area contributed by atoms with E-state index < -0.39 is 5.60 Å². The highest BCUT2D eigenvalue weighted by Gasteiger charge is 2.19. The molecule has 1 saturated heterocycles. The second-order valence-electron chi connectivity index (χ2n) is 3.94. The van der Waals surface area contributed by atoms with Crippen molar-refractivity contribution < 1.29 is 9.84 Å². The molecule has 0 aromatic heterocycles. The zero-order valence-electron chi connectivity index (χ0n) is 7.88. The van der Waals surface area contributed by atoms with Crippen LogP contribution < -0.4 is 0 Å². The number of hydrogen-bond donors (Lipinski definition) is 1. The van der Waals surface area contributed by atoms with E-state index in [1.165, 1.54) is 0 Å². The molecular formula is C9H18O2S. The van der Waals surface area contributed by atoms with Gasteiger partial charge in [0.15, 0.2) is 0 Å². The summed E-state index contributed by atoms with van der Waals surface area (Å²) in [7, 11) is 0. The number of hydrogen-bond acceptors (Lipinski definition) is 3. The van der Waals surface area contributed by atoms with E-state index in [1.54, 1.807) is 0 Å². The van der Waals surface area contributed by atoms with Crippen LogP contribution in [0.3, 0.4) is 0 Å². The van der Waals surface area contributed by atoms with Crippen LogP contribution in [0.4, 0.5) is 0 Å². The van der Waals surface area contributed by atoms with Crippen LogP contribution in [0.25, 0.3) is 0 Å². The Hall–Kier alpha value is 0.270. The number of ether oxygens (including phenoxy) is 1. The highest BCUT2D eigenvalue weighted by Crippen LogP contribution is 2.24. The Labute approximate surface area is 78.7 Å². The monoisotopic (exact) mass is 190 g/mol. The van der Waals surface area contributed by atoms with Crippen molar-refractivity contribution in [1.82, 2.24) is 0 Å². The van der Waals surface area contributed by atoms with Crippen molar-refractivity contribution in [3.8, 4) is 0 Å². The fourth-order valence-corrected chi connectivity index (χ4v) is 2.33. The molecule has 1 rings (SSSR count). The number of rotatable bonds is 3. The van der Waals surface area contributed by atoms with Crippen molar-refractivity contribution in [2.24, 2.45) is 0 Å². The van der Waals surface area contributed by atoms with Gasteiger partial charge in [-0.1, -0.05) is 0 Å². The van der Waals surface area contributed by atoms with Gasteiger partial charge in [0.1, 0.15) is 0 Å². The normalized spacial score (nSPS) is 21.2. The zero-order valence-corrected chi connectivity index (χ0v) is 8.69. The molecule has 72 valence electrons. The van der Waals surface area contributed by atoms with Gasteiger partial charge in [-0.15, -0.1) is 0 Å². The van der Waals surface area contributed by atoms with Gasteiger partial charge in [-0.3, -0.25) is 0 Å². The first-order chi connectivity index (χ1) is 5.58. The molecule has 12 heavy (non-hydrogen) atoms. The van der Waals surface area contributed by atoms with Gasteiger partial charge in [0.05, 0.1) is 5.60 Å². The van der Waals surface area contributed by atoms with Crippen molar-refractivity contribution >= 4 is 11.8 Å². The smallest absolute Gasteiger partial charge is 0.0681 e. The maximum Gasteiger partial charge on any atom is 0.0681 e. The van der Waals surface area contributed by atoms with Crippen molar-refractivity contribution in [2.45, 2.75) is 37.5 Å². The third kappa shape index (κ3) is 4.33. The van der Waals surface area contributed by atoms with E-state index in [-0.39, 0.29) is 0 Å². The summed E-state index contributed by atoms with van der Waals surface area (Å²) >= 11 is 1.87. The molecule has 0 aromatic carbocycles. The van der Waals surface area contributed by atoms with Gasteiger partial charge in [-0.2, -0.15) is 11.8 Å². The summed E-state index contributed by atoms with van der Waals surface area (Å²) in [5, 5.41) is 10.2. The Balaban J connectivity index is 2.13. The topological polar surface area (TPSA) is 29.5 Å². The molecule has 0 saturated carbocycles. The second-order valence-corrected chi connectivity index (χ2v) is 5.22. The van der Waals surface area contributed by atoms with E-state index in [2.05, 4.69) is 0 Å². The predicted octanol–water partition coefficient (Wildman–Crippen LogP) is 1.67. The maximum atomic E-state index is 9.50. The third-order valence-electron chi connectivity index (χ3n) is 1.84. The molecule has 0 spiro atoms. The molecular weight excluding hydrogens is 172 g/mol. The molecule has 1 aliphatic rings. The number of aliphatic hydroxyl groups is 1. The molecule has 0 bridgehead atoms. The van der Waals surface area contributed by atoms with Gasteiger partial charge in [0.25, 0.3) is 0 Å². The molecule has 1 aliphatic heterocycles. The minimum atomic E-state index is -0.525. The summed E-state index contributed by atoms with van der Waals surface area (Å²) in [4.78, 5) is 0. The van der Waals surface area contributed by atoms with Crippen molar-refractivity contribution in [2.75, 3.05) is 19.0 Å². The SMILES string of the molecule is CC(C)(O)CSC1CCOCC1. The molecule has 1 fully saturated rings. The Kier molecular flexibility index (Phi) is 3.87. The maximum absolute atomic E-state index is 9.50. The lowest BCUT2D eigenvalue weighted by molar-refractivity contribution is 0.0969. The van der Waals surface area contributed by atoms with E-state index in [9.17, 15) is 5.11 Å². The second kappa shape index (κ2) is 4.49. The molecule has 0 aromatic rings. The van der Waals surface area contributed by atoms with Crippen molar-refractivity contribution in [3.63, 3.8) is 0 Å². The molecule has 0 aliphatic carbocycles. The fraction of sp³-hybridized carbons (Fsp3) is 1.00. The molecule has 3 heteroatoms. The molecule has 0 radical (unpaired) electrons. The minimum absolute atomic E-state index is 0.525. The van der Waals surface area contributed by atoms with Crippen LogP contribution in [0.15, 0.2) is 0 Å². The van der Waals surface area contributed by atoms with Gasteiger partial charge < -0.3 is 9.84 Å². The first-order valence-corrected chi connectivity index (χ1v) is 5.54. The van der Waals surface area contributed by atoms with Crippen molar-refractivity contribution in [3.05, 3.63) is 0 Å². The third-order valence-corrected chi connectivity index (χ3v) is 3.66. The van der Waals surface area contributed by atoms with Crippen LogP contribution in [-0.2, 0) is 4.74 Å². The van der Waals surface area contributed by atoms with Crippen molar-refractivity contribution in [1.29, 1.82) is 0 Å². The molecule has 0 unspecified atom stereocenters. The lowest BCUT2D eigenvalue weighted by Gasteiger charge is -2.24. The van der Waals surface area contributed by atoms with Crippen LogP contribution >= 0.6 is 11.8 Å². The average molecular weight is 190 g/mol. The Morgan fingerprint density at radius 1 is 1.42 bits per heavy atom. The average Bonchev–Trinajstić information content (AvgIpc) is 2.02. The minimum Gasteiger partial charge on any atom is -0.390 e. The predicted molar refractivity (Wildman–Crippen MR) is 52.6 cm³/mol. The van der Waals surface area contributed by atoms with Gasteiger partial charge in [-0.05, 0) is 26.7 Å². The Bertz CT molecular complexity index is 125. The number of thioether (sulfide) groups is 1. The zero-order chi connectivity index (χ0) is 9.03. The Morgan fingerprint density at radius 2 is 2.00 bits per heavy atom. The van der Waals surface area contributed by atoms with E-state index >= 15 is 0 Å². The quantitative estimate of drug-likeness (QED) is 0.734. The van der Waals surface area contributed by atoms with Gasteiger partial charge in [0.2, 0.25) is 0 Å².